The van der Waals surface area contributed by atoms with Crippen LogP contribution in [-0.2, 0) is 0 Å². The number of fused-ring (bicyclic) bond motifs is 1. The number of hydrogen-bond donors (Lipinski definition) is 3. The minimum Gasteiger partial charge on any atom is -0.366 e. The molecule has 0 atom stereocenters. The molecule has 2 amide bonds. The molecule has 1 fully saturated rings. The number of imidazole rings is 1. The summed E-state index contributed by atoms with van der Waals surface area (Å²) in [4.78, 5) is 33.8. The van der Waals surface area contributed by atoms with E-state index in [1.807, 2.05) is 0 Å². The lowest BCUT2D eigenvalue weighted by Crippen LogP contribution is -2.45. The molecular formula is C19H27N5O2. The Bertz CT molecular complexity index is 790. The van der Waals surface area contributed by atoms with Gasteiger partial charge in [-0.3, -0.25) is 9.59 Å². The van der Waals surface area contributed by atoms with E-state index in [0.29, 0.717) is 22.5 Å². The van der Waals surface area contributed by atoms with E-state index >= 15 is 0 Å². The molecule has 1 aromatic heterocycles. The van der Waals surface area contributed by atoms with E-state index in [0.717, 1.165) is 32.5 Å². The maximum absolute atomic E-state index is 12.5. The van der Waals surface area contributed by atoms with E-state index < -0.39 is 5.91 Å². The number of likely N-dealkylation sites (tertiary alicyclic amines) is 1. The van der Waals surface area contributed by atoms with E-state index in [9.17, 15) is 9.59 Å². The second-order valence-corrected chi connectivity index (χ2v) is 7.42. The summed E-state index contributed by atoms with van der Waals surface area (Å²) in [6.07, 6.45) is 3.09. The number of carbonyl (C=O) groups is 2. The number of H-pyrrole nitrogens is 1. The van der Waals surface area contributed by atoms with Crippen molar-refractivity contribution in [3.8, 4) is 0 Å². The number of rotatable bonds is 6. The number of amides is 2. The zero-order valence-electron chi connectivity index (χ0n) is 15.4. The van der Waals surface area contributed by atoms with Crippen LogP contribution in [0.2, 0.25) is 0 Å². The first-order chi connectivity index (χ1) is 12.4. The number of benzene rings is 1. The quantitative estimate of drug-likeness (QED) is 0.734. The van der Waals surface area contributed by atoms with Crippen LogP contribution < -0.4 is 11.1 Å². The molecule has 1 aromatic carbocycles. The summed E-state index contributed by atoms with van der Waals surface area (Å²) < 4.78 is 0. The summed E-state index contributed by atoms with van der Waals surface area (Å²) in [7, 11) is 0. The third kappa shape index (κ3) is 4.22. The fraction of sp³-hybridized carbons (Fsp3) is 0.526. The number of nitrogens with zero attached hydrogens (tertiary/aromatic N) is 2. The van der Waals surface area contributed by atoms with Gasteiger partial charge in [0.15, 0.2) is 5.82 Å². The van der Waals surface area contributed by atoms with Crippen LogP contribution in [0.5, 0.6) is 0 Å². The van der Waals surface area contributed by atoms with E-state index in [4.69, 9.17) is 5.73 Å². The molecule has 140 valence electrons. The third-order valence-corrected chi connectivity index (χ3v) is 4.94. The Hall–Kier alpha value is -2.41. The van der Waals surface area contributed by atoms with Crippen molar-refractivity contribution in [3.63, 3.8) is 0 Å². The van der Waals surface area contributed by atoms with Gasteiger partial charge < -0.3 is 20.9 Å². The van der Waals surface area contributed by atoms with Crippen molar-refractivity contribution in [2.24, 2.45) is 11.7 Å². The Kier molecular flexibility index (Phi) is 5.56. The number of nitrogens with two attached hydrogens (primary N) is 1. The molecule has 0 bridgehead atoms. The SMILES string of the molecule is CC(C)CCN1CCC(NC(=O)c2nc3c(C(N)=O)cccc3[nH]2)CC1. The number of aromatic amines is 1. The van der Waals surface area contributed by atoms with Gasteiger partial charge in [0.25, 0.3) is 11.8 Å². The highest BCUT2D eigenvalue weighted by atomic mass is 16.2. The van der Waals surface area contributed by atoms with Crippen LogP contribution in [0, 0.1) is 5.92 Å². The van der Waals surface area contributed by atoms with Gasteiger partial charge in [0.05, 0.1) is 11.1 Å². The van der Waals surface area contributed by atoms with Gasteiger partial charge in [-0.15, -0.1) is 0 Å². The largest absolute Gasteiger partial charge is 0.366 e. The van der Waals surface area contributed by atoms with Gasteiger partial charge in [0.1, 0.15) is 5.52 Å². The number of nitrogens with one attached hydrogen (secondary N) is 2. The van der Waals surface area contributed by atoms with Crippen LogP contribution in [0.15, 0.2) is 18.2 Å². The number of primary amides is 1. The first-order valence-electron chi connectivity index (χ1n) is 9.25. The van der Waals surface area contributed by atoms with E-state index in [1.54, 1.807) is 18.2 Å². The molecule has 2 aromatic rings. The Morgan fingerprint density at radius 1 is 1.35 bits per heavy atom. The summed E-state index contributed by atoms with van der Waals surface area (Å²) in [6, 6.07) is 5.26. The predicted molar refractivity (Wildman–Crippen MR) is 101 cm³/mol. The second kappa shape index (κ2) is 7.86. The number of hydrogen-bond acceptors (Lipinski definition) is 4. The van der Waals surface area contributed by atoms with Gasteiger partial charge in [-0.05, 0) is 43.9 Å². The number of piperidine rings is 1. The van der Waals surface area contributed by atoms with E-state index in [1.165, 1.54) is 6.42 Å². The maximum atomic E-state index is 12.5. The van der Waals surface area contributed by atoms with Crippen molar-refractivity contribution in [3.05, 3.63) is 29.6 Å². The van der Waals surface area contributed by atoms with Crippen molar-refractivity contribution in [1.29, 1.82) is 0 Å². The second-order valence-electron chi connectivity index (χ2n) is 7.42. The van der Waals surface area contributed by atoms with Crippen molar-refractivity contribution in [2.75, 3.05) is 19.6 Å². The smallest absolute Gasteiger partial charge is 0.287 e. The molecule has 0 spiro atoms. The molecule has 1 aliphatic rings. The van der Waals surface area contributed by atoms with E-state index in [2.05, 4.69) is 34.0 Å². The first kappa shape index (κ1) is 18.4. The van der Waals surface area contributed by atoms with Crippen LogP contribution in [0.25, 0.3) is 11.0 Å². The Morgan fingerprint density at radius 2 is 2.08 bits per heavy atom. The van der Waals surface area contributed by atoms with Gasteiger partial charge in [-0.25, -0.2) is 4.98 Å². The monoisotopic (exact) mass is 357 g/mol. The van der Waals surface area contributed by atoms with Gasteiger partial charge >= 0.3 is 0 Å². The maximum Gasteiger partial charge on any atom is 0.287 e. The molecule has 7 heteroatoms. The predicted octanol–water partition coefficient (Wildman–Crippen LogP) is 1.90. The van der Waals surface area contributed by atoms with Crippen LogP contribution in [0.3, 0.4) is 0 Å². The third-order valence-electron chi connectivity index (χ3n) is 4.94. The lowest BCUT2D eigenvalue weighted by atomic mass is 10.0. The van der Waals surface area contributed by atoms with Crippen molar-refractivity contribution >= 4 is 22.8 Å². The lowest BCUT2D eigenvalue weighted by Gasteiger charge is -2.32. The number of aromatic nitrogens is 2. The van der Waals surface area contributed by atoms with Gasteiger partial charge in [-0.2, -0.15) is 0 Å². The summed E-state index contributed by atoms with van der Waals surface area (Å²) in [5, 5.41) is 3.05. The lowest BCUT2D eigenvalue weighted by molar-refractivity contribution is 0.0899. The van der Waals surface area contributed by atoms with Crippen LogP contribution >= 0.6 is 0 Å². The highest BCUT2D eigenvalue weighted by Crippen LogP contribution is 2.17. The number of para-hydroxylation sites is 1. The molecule has 26 heavy (non-hydrogen) atoms. The molecule has 0 aliphatic carbocycles. The standard InChI is InChI=1S/C19H27N5O2/c1-12(2)6-9-24-10-7-13(8-11-24)21-19(26)18-22-15-5-3-4-14(17(20)25)16(15)23-18/h3-5,12-13H,6-11H2,1-2H3,(H2,20,25)(H,21,26)(H,22,23). The van der Waals surface area contributed by atoms with Crippen LogP contribution in [-0.4, -0.2) is 52.4 Å². The summed E-state index contributed by atoms with van der Waals surface area (Å²) >= 11 is 0. The van der Waals surface area contributed by atoms with E-state index in [-0.39, 0.29) is 17.8 Å². The highest BCUT2D eigenvalue weighted by Gasteiger charge is 2.23. The average molecular weight is 357 g/mol. The van der Waals surface area contributed by atoms with Gasteiger partial charge in [-0.1, -0.05) is 19.9 Å². The molecular weight excluding hydrogens is 330 g/mol. The highest BCUT2D eigenvalue weighted by molar-refractivity contribution is 6.05. The van der Waals surface area contributed by atoms with Crippen molar-refractivity contribution in [2.45, 2.75) is 39.2 Å². The number of carbonyl (C=O) groups excluding carboxylic acids is 2. The van der Waals surface area contributed by atoms with Crippen molar-refractivity contribution in [1.82, 2.24) is 20.2 Å². The molecule has 3 rings (SSSR count). The molecule has 0 radical (unpaired) electrons. The van der Waals surface area contributed by atoms with Gasteiger partial charge in [0.2, 0.25) is 0 Å². The molecule has 7 nitrogen and oxygen atoms in total. The van der Waals surface area contributed by atoms with Crippen LogP contribution in [0.1, 0.15) is 54.1 Å². The minimum atomic E-state index is -0.553. The summed E-state index contributed by atoms with van der Waals surface area (Å²) in [5.41, 5.74) is 6.76. The zero-order valence-corrected chi connectivity index (χ0v) is 15.4. The molecule has 2 heterocycles. The zero-order chi connectivity index (χ0) is 18.7. The average Bonchev–Trinajstić information content (AvgIpc) is 3.05. The minimum absolute atomic E-state index is 0.154. The normalized spacial score (nSPS) is 16.3. The molecule has 0 unspecified atom stereocenters. The van der Waals surface area contributed by atoms with Crippen molar-refractivity contribution < 1.29 is 9.59 Å². The summed E-state index contributed by atoms with van der Waals surface area (Å²) in [5.74, 6) is 0.141. The Morgan fingerprint density at radius 3 is 2.73 bits per heavy atom. The molecule has 1 aliphatic heterocycles. The Balaban J connectivity index is 1.60. The first-order valence-corrected chi connectivity index (χ1v) is 9.25. The fourth-order valence-corrected chi connectivity index (χ4v) is 3.33. The van der Waals surface area contributed by atoms with Gasteiger partial charge in [0, 0.05) is 19.1 Å². The Labute approximate surface area is 153 Å². The molecule has 1 saturated heterocycles. The van der Waals surface area contributed by atoms with Crippen LogP contribution in [0.4, 0.5) is 0 Å². The molecule has 4 N–H and O–H groups in total. The topological polar surface area (TPSA) is 104 Å². The summed E-state index contributed by atoms with van der Waals surface area (Å²) in [6.45, 7) is 7.61. The fourth-order valence-electron chi connectivity index (χ4n) is 3.33. The molecule has 0 saturated carbocycles.